The first-order valence-electron chi connectivity index (χ1n) is 5.59. The average Bonchev–Trinajstić information content (AvgIpc) is 2.09. The molecular weight excluding hydrogens is 190 g/mol. The molecule has 0 aliphatic carbocycles. The third-order valence-electron chi connectivity index (χ3n) is 1.95. The predicted octanol–water partition coefficient (Wildman–Crippen LogP) is 0.729. The Balaban J connectivity index is 4.15. The van der Waals surface area contributed by atoms with E-state index in [-0.39, 0.29) is 5.78 Å². The molecule has 0 aromatic heterocycles. The van der Waals surface area contributed by atoms with Crippen molar-refractivity contribution in [3.63, 3.8) is 0 Å². The van der Waals surface area contributed by atoms with Crippen LogP contribution in [0.3, 0.4) is 0 Å². The van der Waals surface area contributed by atoms with E-state index in [1.54, 1.807) is 20.8 Å². The maximum atomic E-state index is 11.8. The minimum Gasteiger partial charge on any atom is -0.386 e. The van der Waals surface area contributed by atoms with Crippen LogP contribution < -0.4 is 16.8 Å². The molecule has 0 unspecified atom stereocenters. The number of rotatable bonds is 6. The third-order valence-corrected chi connectivity index (χ3v) is 1.95. The number of hydrogen-bond acceptors (Lipinski definition) is 4. The Hall–Kier alpha value is -1.03. The summed E-state index contributed by atoms with van der Waals surface area (Å²) in [7, 11) is 0. The molecule has 0 heterocycles. The predicted molar refractivity (Wildman–Crippen MR) is 63.0 cm³/mol. The molecule has 0 saturated carbocycles. The summed E-state index contributed by atoms with van der Waals surface area (Å²) in [5, 5.41) is 2.83. The van der Waals surface area contributed by atoms with Crippen molar-refractivity contribution in [3.05, 3.63) is 12.4 Å². The van der Waals surface area contributed by atoms with Crippen LogP contribution in [0.2, 0.25) is 0 Å². The number of carbonyl (C=O) groups is 1. The molecule has 0 rings (SSSR count). The summed E-state index contributed by atoms with van der Waals surface area (Å²) in [5.41, 5.74) is 10.4. The van der Waals surface area contributed by atoms with Crippen molar-refractivity contribution in [1.82, 2.24) is 5.32 Å². The van der Waals surface area contributed by atoms with Crippen molar-refractivity contribution < 1.29 is 6.17 Å². The summed E-state index contributed by atoms with van der Waals surface area (Å²) < 4.78 is 7.82. The number of ketones is 1. The van der Waals surface area contributed by atoms with E-state index in [4.69, 9.17) is 12.8 Å². The van der Waals surface area contributed by atoms with Crippen molar-refractivity contribution in [2.24, 2.45) is 16.9 Å². The van der Waals surface area contributed by atoms with Crippen LogP contribution in [0.15, 0.2) is 12.4 Å². The van der Waals surface area contributed by atoms with E-state index >= 15 is 0 Å². The van der Waals surface area contributed by atoms with Gasteiger partial charge in [-0.05, 0) is 12.8 Å². The number of nitrogens with two attached hydrogens (primary N) is 2. The Morgan fingerprint density at radius 3 is 2.53 bits per heavy atom. The minimum absolute atomic E-state index is 0.244. The van der Waals surface area contributed by atoms with E-state index in [9.17, 15) is 4.79 Å². The summed E-state index contributed by atoms with van der Waals surface area (Å²) in [6, 6.07) is -1.52. The molecule has 0 aromatic rings. The van der Waals surface area contributed by atoms with Crippen LogP contribution in [-0.2, 0) is 4.79 Å². The van der Waals surface area contributed by atoms with Crippen LogP contribution in [0.5, 0.6) is 0 Å². The first-order chi connectivity index (χ1) is 7.07. The van der Waals surface area contributed by atoms with Gasteiger partial charge in [-0.15, -0.1) is 0 Å². The molecule has 0 radical (unpaired) electrons. The van der Waals surface area contributed by atoms with Gasteiger partial charge in [0.15, 0.2) is 5.78 Å². The van der Waals surface area contributed by atoms with Gasteiger partial charge >= 0.3 is 0 Å². The van der Waals surface area contributed by atoms with Crippen molar-refractivity contribution in [3.8, 4) is 0 Å². The Labute approximate surface area is 93.5 Å². The second kappa shape index (κ2) is 5.75. The van der Waals surface area contributed by atoms with E-state index < -0.39 is 11.4 Å². The average molecular weight is 214 g/mol. The Bertz CT molecular complexity index is 269. The molecule has 0 aromatic carbocycles. The molecule has 4 heteroatoms. The molecule has 4 nitrogen and oxygen atoms in total. The molecule has 5 N–H and O–H groups in total. The van der Waals surface area contributed by atoms with E-state index in [0.29, 0.717) is 25.2 Å². The van der Waals surface area contributed by atoms with Gasteiger partial charge in [0.05, 0.1) is 13.2 Å². The van der Waals surface area contributed by atoms with Crippen molar-refractivity contribution in [2.45, 2.75) is 39.6 Å². The first kappa shape index (κ1) is 12.0. The lowest BCUT2D eigenvalue weighted by Gasteiger charge is -2.21. The van der Waals surface area contributed by atoms with Gasteiger partial charge in [0.2, 0.25) is 0 Å². The molecule has 0 fully saturated rings. The van der Waals surface area contributed by atoms with Crippen LogP contribution in [-0.4, -0.2) is 18.3 Å². The maximum absolute atomic E-state index is 11.8. The summed E-state index contributed by atoms with van der Waals surface area (Å²) >= 11 is 0. The zero-order chi connectivity index (χ0) is 13.0. The number of nitrogens with one attached hydrogen (secondary N) is 1. The highest BCUT2D eigenvalue weighted by Gasteiger charge is 2.26. The number of carbonyl (C=O) groups excluding carboxylic acids is 1. The highest BCUT2D eigenvalue weighted by molar-refractivity contribution is 5.88. The topological polar surface area (TPSA) is 81.1 Å². The van der Waals surface area contributed by atoms with Gasteiger partial charge < -0.3 is 16.8 Å². The zero-order valence-corrected chi connectivity index (χ0v) is 9.89. The van der Waals surface area contributed by atoms with Crippen molar-refractivity contribution >= 4 is 5.78 Å². The lowest BCUT2D eigenvalue weighted by molar-refractivity contribution is -0.127. The molecule has 0 saturated heterocycles. The lowest BCUT2D eigenvalue weighted by Crippen LogP contribution is -2.39. The van der Waals surface area contributed by atoms with Gasteiger partial charge in [0.1, 0.15) is 0 Å². The molecule has 0 amide bonds. The third kappa shape index (κ3) is 6.12. The summed E-state index contributed by atoms with van der Waals surface area (Å²) in [5.74, 6) is 0.140. The highest BCUT2D eigenvalue weighted by Crippen LogP contribution is 2.17. The first-order valence-corrected chi connectivity index (χ1v) is 5.09. The van der Waals surface area contributed by atoms with Gasteiger partial charge in [-0.2, -0.15) is 0 Å². The Morgan fingerprint density at radius 2 is 2.13 bits per heavy atom. The van der Waals surface area contributed by atoms with Crippen molar-refractivity contribution in [1.29, 1.82) is 0 Å². The molecule has 15 heavy (non-hydrogen) atoms. The molecule has 88 valence electrons. The molecule has 0 aliphatic heterocycles. The molecule has 1 atom stereocenters. The van der Waals surface area contributed by atoms with E-state index in [1.807, 2.05) is 0 Å². The summed E-state index contributed by atoms with van der Waals surface area (Å²) in [4.78, 5) is 11.8. The highest BCUT2D eigenvalue weighted by atomic mass is 16.1. The molecule has 0 aliphatic rings. The second-order valence-corrected chi connectivity index (χ2v) is 4.66. The van der Waals surface area contributed by atoms with E-state index in [0.717, 1.165) is 0 Å². The molecule has 0 spiro atoms. The van der Waals surface area contributed by atoms with Gasteiger partial charge in [-0.1, -0.05) is 27.4 Å². The van der Waals surface area contributed by atoms with Gasteiger partial charge in [0.25, 0.3) is 0 Å². The van der Waals surface area contributed by atoms with Crippen LogP contribution in [0, 0.1) is 5.41 Å². The van der Waals surface area contributed by atoms with Crippen LogP contribution in [0.25, 0.3) is 0 Å². The molecular formula is C11H23N3O. The van der Waals surface area contributed by atoms with E-state index in [2.05, 4.69) is 11.9 Å². The Kier molecular flexibility index (Phi) is 4.62. The van der Waals surface area contributed by atoms with Gasteiger partial charge in [-0.25, -0.2) is 0 Å². The normalized spacial score (nSPS) is 16.4. The maximum Gasteiger partial charge on any atom is 0.154 e. The van der Waals surface area contributed by atoms with Crippen LogP contribution >= 0.6 is 0 Å². The summed E-state index contributed by atoms with van der Waals surface area (Å²) in [6.07, 6.45) is 0.918. The smallest absolute Gasteiger partial charge is 0.154 e. The summed E-state index contributed by atoms with van der Waals surface area (Å²) in [6.45, 7) is 9.37. The van der Waals surface area contributed by atoms with Crippen LogP contribution in [0.1, 0.15) is 35.0 Å². The van der Waals surface area contributed by atoms with Crippen LogP contribution in [0.4, 0.5) is 0 Å². The van der Waals surface area contributed by atoms with Crippen molar-refractivity contribution in [2.75, 3.05) is 6.54 Å². The fraction of sp³-hybridized carbons (Fsp3) is 0.727. The lowest BCUT2D eigenvalue weighted by atomic mass is 9.85. The fourth-order valence-corrected chi connectivity index (χ4v) is 1.12. The van der Waals surface area contributed by atoms with E-state index in [1.165, 1.54) is 0 Å². The number of hydrogen-bond donors (Lipinski definition) is 3. The largest absolute Gasteiger partial charge is 0.386 e. The number of Topliss-reactive ketones (excluding diaryl/α,β-unsaturated/α-hetero) is 1. The monoisotopic (exact) mass is 214 g/mol. The zero-order valence-electron chi connectivity index (χ0n) is 10.9. The fourth-order valence-electron chi connectivity index (χ4n) is 1.12. The van der Waals surface area contributed by atoms with Gasteiger partial charge in [-0.3, -0.25) is 4.79 Å². The van der Waals surface area contributed by atoms with Gasteiger partial charge in [0, 0.05) is 12.0 Å². The minimum atomic E-state index is -1.52. The quantitative estimate of drug-likeness (QED) is 0.569. The standard InChI is InChI=1S/C11H23N3O/c1-8(12)14-7-5-6-9(13)10(15)11(2,3)4/h9,14H,1,5-7,12-13H2,2-4H3/t9-/m1/s1/i9D. The molecule has 0 bridgehead atoms. The Morgan fingerprint density at radius 1 is 1.60 bits per heavy atom. The SMILES string of the molecule is [2H][C@@](N)(CCCNC(=C)N)C(=O)C(C)(C)C. The second-order valence-electron chi connectivity index (χ2n) is 4.66.